The standard InChI is InChI=1S/C32H43N7O7/c1-6-7-11-20(2)33-29(42)24(18-22-14-15-26(45-19-27(40)41)23(16-22)28-36-38-39-37-28)34-30(43)25(17-21-12-9-8-10-13-21)35-31(44)46-32(3,4)5/h8-10,12-16,20,24-25,28H,6-7,11,17-19H2,1-5H3,(H,33,42)(H,34,43)(H,35,44)(H,40,41)/t20?,24-,25-/m0/s1. The Hall–Kier alpha value is -4.88. The van der Waals surface area contributed by atoms with E-state index < -0.39 is 54.3 Å². The average molecular weight is 638 g/mol. The Morgan fingerprint density at radius 2 is 1.52 bits per heavy atom. The molecule has 46 heavy (non-hydrogen) atoms. The number of hydrogen-bond donors (Lipinski definition) is 4. The van der Waals surface area contributed by atoms with Crippen LogP contribution in [0.25, 0.3) is 0 Å². The van der Waals surface area contributed by atoms with Gasteiger partial charge in [-0.05, 0) is 67.8 Å². The lowest BCUT2D eigenvalue weighted by molar-refractivity contribution is -0.139. The molecule has 3 amide bonds. The Morgan fingerprint density at radius 3 is 2.15 bits per heavy atom. The molecule has 0 saturated carbocycles. The maximum atomic E-state index is 13.8. The number of unbranched alkanes of at least 4 members (excludes halogenated alkanes) is 1. The molecule has 0 spiro atoms. The third kappa shape index (κ3) is 11.9. The molecule has 2 aromatic carbocycles. The minimum Gasteiger partial charge on any atom is -0.481 e. The summed E-state index contributed by atoms with van der Waals surface area (Å²) in [5, 5.41) is 32.6. The van der Waals surface area contributed by atoms with E-state index in [1.165, 1.54) is 0 Å². The molecule has 0 saturated heterocycles. The van der Waals surface area contributed by atoms with Gasteiger partial charge in [-0.3, -0.25) is 9.59 Å². The molecule has 1 unspecified atom stereocenters. The normalized spacial score (nSPS) is 14.6. The highest BCUT2D eigenvalue weighted by Crippen LogP contribution is 2.33. The molecule has 14 heteroatoms. The lowest BCUT2D eigenvalue weighted by Crippen LogP contribution is -2.56. The van der Waals surface area contributed by atoms with Gasteiger partial charge in [-0.1, -0.05) is 56.2 Å². The number of carbonyl (C=O) groups excluding carboxylic acids is 3. The second-order valence-electron chi connectivity index (χ2n) is 12.0. The van der Waals surface area contributed by atoms with Crippen LogP contribution < -0.4 is 20.7 Å². The van der Waals surface area contributed by atoms with Gasteiger partial charge in [0.15, 0.2) is 6.61 Å². The smallest absolute Gasteiger partial charge is 0.408 e. The number of nitrogens with one attached hydrogen (secondary N) is 3. The minimum absolute atomic E-state index is 0.0514. The Balaban J connectivity index is 1.90. The summed E-state index contributed by atoms with van der Waals surface area (Å²) in [6.07, 6.45) is 1.24. The molecule has 0 bridgehead atoms. The molecule has 14 nitrogen and oxygen atoms in total. The topological polar surface area (TPSA) is 192 Å². The number of aliphatic carboxylic acids is 1. The molecule has 1 aliphatic heterocycles. The van der Waals surface area contributed by atoms with Crippen molar-refractivity contribution in [2.45, 2.75) is 96.6 Å². The van der Waals surface area contributed by atoms with Crippen molar-refractivity contribution in [2.24, 2.45) is 20.7 Å². The first-order chi connectivity index (χ1) is 21.8. The average Bonchev–Trinajstić information content (AvgIpc) is 3.53. The molecule has 0 radical (unpaired) electrons. The van der Waals surface area contributed by atoms with E-state index in [0.29, 0.717) is 11.1 Å². The second kappa shape index (κ2) is 17.0. The van der Waals surface area contributed by atoms with Gasteiger partial charge in [-0.2, -0.15) is 0 Å². The summed E-state index contributed by atoms with van der Waals surface area (Å²) in [5.41, 5.74) is 1.02. The number of ether oxygens (including phenoxy) is 2. The van der Waals surface area contributed by atoms with Crippen LogP contribution >= 0.6 is 0 Å². The monoisotopic (exact) mass is 637 g/mol. The summed E-state index contributed by atoms with van der Waals surface area (Å²) in [4.78, 5) is 51.3. The van der Waals surface area contributed by atoms with Gasteiger partial charge < -0.3 is 30.5 Å². The van der Waals surface area contributed by atoms with E-state index in [1.54, 1.807) is 39.0 Å². The van der Waals surface area contributed by atoms with E-state index in [1.807, 2.05) is 37.3 Å². The number of benzene rings is 2. The number of hydrogen-bond acceptors (Lipinski definition) is 10. The molecular weight excluding hydrogens is 594 g/mol. The summed E-state index contributed by atoms with van der Waals surface area (Å²) in [5.74, 6) is -1.91. The lowest BCUT2D eigenvalue weighted by atomic mass is 9.99. The molecule has 4 N–H and O–H groups in total. The number of amides is 3. The van der Waals surface area contributed by atoms with Gasteiger partial charge in [0.25, 0.3) is 0 Å². The van der Waals surface area contributed by atoms with Gasteiger partial charge in [-0.15, -0.1) is 10.2 Å². The Bertz CT molecular complexity index is 1400. The third-order valence-corrected chi connectivity index (χ3v) is 6.81. The molecule has 0 aliphatic carbocycles. The van der Waals surface area contributed by atoms with E-state index in [4.69, 9.17) is 14.6 Å². The maximum absolute atomic E-state index is 13.8. The van der Waals surface area contributed by atoms with Gasteiger partial charge in [0, 0.05) is 24.4 Å². The summed E-state index contributed by atoms with van der Waals surface area (Å²) in [7, 11) is 0. The molecular formula is C32H43N7O7. The predicted molar refractivity (Wildman–Crippen MR) is 168 cm³/mol. The van der Waals surface area contributed by atoms with Gasteiger partial charge in [0.1, 0.15) is 23.4 Å². The number of carboxylic acids is 1. The quantitative estimate of drug-likeness (QED) is 0.202. The fourth-order valence-electron chi connectivity index (χ4n) is 4.64. The number of carbonyl (C=O) groups is 4. The van der Waals surface area contributed by atoms with Gasteiger partial charge in [-0.25, -0.2) is 9.59 Å². The summed E-state index contributed by atoms with van der Waals surface area (Å²) in [6, 6.07) is 11.8. The highest BCUT2D eigenvalue weighted by molar-refractivity contribution is 5.91. The van der Waals surface area contributed by atoms with Crippen LogP contribution in [0, 0.1) is 0 Å². The van der Waals surface area contributed by atoms with Crippen LogP contribution in [-0.2, 0) is 32.0 Å². The Labute approximate surface area is 268 Å². The fourth-order valence-corrected chi connectivity index (χ4v) is 4.64. The first-order valence-corrected chi connectivity index (χ1v) is 15.3. The van der Waals surface area contributed by atoms with Crippen LogP contribution in [0.4, 0.5) is 4.79 Å². The number of rotatable bonds is 16. The Morgan fingerprint density at radius 1 is 0.891 bits per heavy atom. The van der Waals surface area contributed by atoms with Crippen molar-refractivity contribution in [2.75, 3.05) is 6.61 Å². The van der Waals surface area contributed by atoms with E-state index in [0.717, 1.165) is 24.8 Å². The molecule has 3 atom stereocenters. The molecule has 1 heterocycles. The van der Waals surface area contributed by atoms with E-state index in [2.05, 4.69) is 43.5 Å². The third-order valence-electron chi connectivity index (χ3n) is 6.81. The van der Waals surface area contributed by atoms with Crippen molar-refractivity contribution in [3.63, 3.8) is 0 Å². The zero-order chi connectivity index (χ0) is 33.7. The minimum atomic E-state index is -1.16. The van der Waals surface area contributed by atoms with E-state index in [9.17, 15) is 19.2 Å². The van der Waals surface area contributed by atoms with Crippen molar-refractivity contribution >= 4 is 23.9 Å². The van der Waals surface area contributed by atoms with Gasteiger partial charge >= 0.3 is 12.1 Å². The van der Waals surface area contributed by atoms with Crippen LogP contribution in [0.2, 0.25) is 0 Å². The van der Waals surface area contributed by atoms with Gasteiger partial charge in [0.05, 0.1) is 0 Å². The highest BCUT2D eigenvalue weighted by Gasteiger charge is 2.30. The lowest BCUT2D eigenvalue weighted by Gasteiger charge is -2.26. The van der Waals surface area contributed by atoms with Crippen molar-refractivity contribution in [1.29, 1.82) is 0 Å². The zero-order valence-corrected chi connectivity index (χ0v) is 26.9. The van der Waals surface area contributed by atoms with Gasteiger partial charge in [0.2, 0.25) is 18.0 Å². The molecule has 2 aromatic rings. The molecule has 3 rings (SSSR count). The van der Waals surface area contributed by atoms with E-state index in [-0.39, 0.29) is 24.6 Å². The molecule has 1 aliphatic rings. The van der Waals surface area contributed by atoms with Crippen LogP contribution in [0.1, 0.15) is 76.7 Å². The van der Waals surface area contributed by atoms with Crippen LogP contribution in [0.3, 0.4) is 0 Å². The summed E-state index contributed by atoms with van der Waals surface area (Å²) in [6.45, 7) is 8.54. The number of alkyl carbamates (subject to hydrolysis) is 1. The Kier molecular flexibility index (Phi) is 13.1. The highest BCUT2D eigenvalue weighted by atomic mass is 16.6. The van der Waals surface area contributed by atoms with Crippen LogP contribution in [-0.4, -0.2) is 59.3 Å². The molecule has 0 aromatic heterocycles. The first-order valence-electron chi connectivity index (χ1n) is 15.3. The fraction of sp³-hybridized carbons (Fsp3) is 0.500. The first kappa shape index (κ1) is 35.6. The summed E-state index contributed by atoms with van der Waals surface area (Å²) < 4.78 is 10.8. The predicted octanol–water partition coefficient (Wildman–Crippen LogP) is 4.84. The zero-order valence-electron chi connectivity index (χ0n) is 26.9. The van der Waals surface area contributed by atoms with Crippen molar-refractivity contribution in [3.05, 3.63) is 65.2 Å². The van der Waals surface area contributed by atoms with Crippen LogP contribution in [0.15, 0.2) is 69.2 Å². The van der Waals surface area contributed by atoms with Crippen molar-refractivity contribution in [1.82, 2.24) is 16.0 Å². The van der Waals surface area contributed by atoms with Crippen molar-refractivity contribution < 1.29 is 33.8 Å². The molecule has 248 valence electrons. The maximum Gasteiger partial charge on any atom is 0.408 e. The van der Waals surface area contributed by atoms with Crippen molar-refractivity contribution in [3.8, 4) is 5.75 Å². The number of carboxylic acid groups (broad SMARTS) is 1. The number of nitrogens with zero attached hydrogens (tertiary/aromatic N) is 4. The van der Waals surface area contributed by atoms with Crippen LogP contribution in [0.5, 0.6) is 5.75 Å². The van der Waals surface area contributed by atoms with E-state index >= 15 is 0 Å². The summed E-state index contributed by atoms with van der Waals surface area (Å²) >= 11 is 0. The SMILES string of the molecule is CCCCC(C)NC(=O)[C@H](Cc1ccc(OCC(=O)O)c(C2N=NN=N2)c1)NC(=O)[C@H](Cc1ccccc1)NC(=O)OC(C)(C)C. The largest absolute Gasteiger partial charge is 0.481 e. The molecule has 0 fully saturated rings. The second-order valence-corrected chi connectivity index (χ2v) is 12.0.